The van der Waals surface area contributed by atoms with E-state index < -0.39 is 0 Å². The highest BCUT2D eigenvalue weighted by Crippen LogP contribution is 2.41. The zero-order chi connectivity index (χ0) is 14.8. The van der Waals surface area contributed by atoms with Gasteiger partial charge in [-0.2, -0.15) is 4.98 Å². The molecule has 0 bridgehead atoms. The Morgan fingerprint density at radius 1 is 1.43 bits per heavy atom. The van der Waals surface area contributed by atoms with Crippen LogP contribution in [-0.2, 0) is 9.53 Å². The van der Waals surface area contributed by atoms with Gasteiger partial charge in [0, 0.05) is 12.5 Å². The van der Waals surface area contributed by atoms with Crippen LogP contribution >= 0.6 is 11.6 Å². The van der Waals surface area contributed by atoms with E-state index in [1.807, 2.05) is 5.94 Å². The van der Waals surface area contributed by atoms with Crippen LogP contribution in [0.25, 0.3) is 0 Å². The summed E-state index contributed by atoms with van der Waals surface area (Å²) in [5.41, 5.74) is 0.317. The molecule has 0 aromatic carbocycles. The van der Waals surface area contributed by atoms with Gasteiger partial charge >= 0.3 is 0 Å². The number of ether oxygens (including phenoxy) is 2. The molecule has 0 amide bonds. The third-order valence-corrected chi connectivity index (χ3v) is 3.93. The highest BCUT2D eigenvalue weighted by atomic mass is 35.5. The van der Waals surface area contributed by atoms with E-state index in [2.05, 4.69) is 15.3 Å². The molecule has 6 nitrogen and oxygen atoms in total. The number of nitrogens with one attached hydrogen (secondary N) is 1. The summed E-state index contributed by atoms with van der Waals surface area (Å²) in [7, 11) is 1.51. The molecule has 1 N–H and O–H groups in total. The maximum Gasteiger partial charge on any atom is 0.237 e. The van der Waals surface area contributed by atoms with Crippen molar-refractivity contribution in [3.63, 3.8) is 0 Å². The van der Waals surface area contributed by atoms with E-state index in [4.69, 9.17) is 21.1 Å². The first kappa shape index (κ1) is 14.3. The third-order valence-electron chi connectivity index (χ3n) is 3.59. The predicted octanol–water partition coefficient (Wildman–Crippen LogP) is 2.32. The molecule has 7 heteroatoms. The lowest BCUT2D eigenvalue weighted by molar-refractivity contribution is 0.139. The van der Waals surface area contributed by atoms with Crippen molar-refractivity contribution in [3.8, 4) is 5.88 Å². The fourth-order valence-corrected chi connectivity index (χ4v) is 2.50. The van der Waals surface area contributed by atoms with E-state index in [0.717, 1.165) is 25.7 Å². The SMILES string of the molecule is COc1nc(C2CC2)nc(NC(=C=O)C2CCCO2)c1Cl. The van der Waals surface area contributed by atoms with E-state index in [0.29, 0.717) is 35.7 Å². The van der Waals surface area contributed by atoms with Gasteiger partial charge in [0.1, 0.15) is 28.6 Å². The molecule has 1 aliphatic carbocycles. The van der Waals surface area contributed by atoms with Crippen LogP contribution in [0.5, 0.6) is 5.88 Å². The van der Waals surface area contributed by atoms with Gasteiger partial charge in [0.2, 0.25) is 5.88 Å². The second-order valence-corrected chi connectivity index (χ2v) is 5.55. The molecule has 1 aromatic rings. The van der Waals surface area contributed by atoms with Crippen molar-refractivity contribution in [2.45, 2.75) is 37.7 Å². The minimum absolute atomic E-state index is 0.257. The molecule has 2 aliphatic rings. The summed E-state index contributed by atoms with van der Waals surface area (Å²) in [5.74, 6) is 3.62. The van der Waals surface area contributed by atoms with Crippen molar-refractivity contribution in [1.29, 1.82) is 0 Å². The van der Waals surface area contributed by atoms with Gasteiger partial charge in [-0.25, -0.2) is 9.78 Å². The fraction of sp³-hybridized carbons (Fsp3) is 0.571. The van der Waals surface area contributed by atoms with Crippen molar-refractivity contribution in [2.75, 3.05) is 19.0 Å². The third kappa shape index (κ3) is 3.02. The van der Waals surface area contributed by atoms with Gasteiger partial charge in [-0.1, -0.05) is 11.6 Å². The van der Waals surface area contributed by atoms with Crippen LogP contribution < -0.4 is 10.1 Å². The van der Waals surface area contributed by atoms with Gasteiger partial charge in [-0.3, -0.25) is 0 Å². The Balaban J connectivity index is 1.89. The number of anilines is 1. The fourth-order valence-electron chi connectivity index (χ4n) is 2.29. The van der Waals surface area contributed by atoms with Crippen molar-refractivity contribution >= 4 is 23.4 Å². The quantitative estimate of drug-likeness (QED) is 0.842. The molecule has 21 heavy (non-hydrogen) atoms. The Bertz CT molecular complexity index is 591. The predicted molar refractivity (Wildman–Crippen MR) is 77.4 cm³/mol. The van der Waals surface area contributed by atoms with E-state index in [1.165, 1.54) is 7.11 Å². The van der Waals surface area contributed by atoms with Crippen LogP contribution in [-0.4, -0.2) is 35.7 Å². The molecule has 2 heterocycles. The number of aromatic nitrogens is 2. The van der Waals surface area contributed by atoms with Crippen molar-refractivity contribution in [2.24, 2.45) is 0 Å². The van der Waals surface area contributed by atoms with Crippen LogP contribution in [0.1, 0.15) is 37.4 Å². The van der Waals surface area contributed by atoms with Crippen molar-refractivity contribution in [1.82, 2.24) is 9.97 Å². The molecule has 3 rings (SSSR count). The van der Waals surface area contributed by atoms with Crippen LogP contribution in [0.3, 0.4) is 0 Å². The van der Waals surface area contributed by atoms with Crippen LogP contribution in [0.4, 0.5) is 5.82 Å². The molecule has 112 valence electrons. The molecule has 0 radical (unpaired) electrons. The van der Waals surface area contributed by atoms with E-state index in [1.54, 1.807) is 0 Å². The van der Waals surface area contributed by atoms with Gasteiger partial charge in [0.05, 0.1) is 7.11 Å². The molecular formula is C14H16ClN3O3. The lowest BCUT2D eigenvalue weighted by atomic mass is 10.2. The van der Waals surface area contributed by atoms with Crippen LogP contribution in [0.2, 0.25) is 5.02 Å². The number of rotatable bonds is 5. The van der Waals surface area contributed by atoms with Gasteiger partial charge in [0.15, 0.2) is 5.82 Å². The largest absolute Gasteiger partial charge is 0.480 e. The summed E-state index contributed by atoms with van der Waals surface area (Å²) in [6.45, 7) is 0.645. The number of carbonyl (C=O) groups excluding carboxylic acids is 1. The first-order valence-corrected chi connectivity index (χ1v) is 7.35. The van der Waals surface area contributed by atoms with Gasteiger partial charge in [-0.15, -0.1) is 0 Å². The molecule has 0 spiro atoms. The number of hydrogen-bond donors (Lipinski definition) is 1. The molecule has 1 saturated heterocycles. The summed E-state index contributed by atoms with van der Waals surface area (Å²) >= 11 is 6.22. The van der Waals surface area contributed by atoms with Crippen LogP contribution in [0.15, 0.2) is 5.70 Å². The smallest absolute Gasteiger partial charge is 0.237 e. The van der Waals surface area contributed by atoms with Gasteiger partial charge in [0.25, 0.3) is 0 Å². The number of nitrogens with zero attached hydrogens (tertiary/aromatic N) is 2. The second-order valence-electron chi connectivity index (χ2n) is 5.17. The Morgan fingerprint density at radius 2 is 2.24 bits per heavy atom. The highest BCUT2D eigenvalue weighted by molar-refractivity contribution is 6.34. The lowest BCUT2D eigenvalue weighted by Crippen LogP contribution is -2.18. The Hall–Kier alpha value is -1.62. The molecular weight excluding hydrogens is 294 g/mol. The molecule has 1 saturated carbocycles. The average molecular weight is 310 g/mol. The molecule has 2 fully saturated rings. The topological polar surface area (TPSA) is 73.3 Å². The standard InChI is InChI=1S/C14H16ClN3O3/c1-20-14-11(15)13(17-12(18-14)8-4-5-8)16-9(7-19)10-3-2-6-21-10/h8,10H,2-6H2,1H3,(H,16,17,18). The van der Waals surface area contributed by atoms with E-state index in [-0.39, 0.29) is 11.1 Å². The van der Waals surface area contributed by atoms with E-state index in [9.17, 15) is 4.79 Å². The van der Waals surface area contributed by atoms with Gasteiger partial charge in [-0.05, 0) is 25.7 Å². The van der Waals surface area contributed by atoms with Gasteiger partial charge < -0.3 is 14.8 Å². The zero-order valence-corrected chi connectivity index (χ0v) is 12.4. The Labute approximate surface area is 127 Å². The number of halogens is 1. The Kier molecular flexibility index (Phi) is 4.10. The van der Waals surface area contributed by atoms with Crippen LogP contribution in [0, 0.1) is 0 Å². The number of methoxy groups -OCH3 is 1. The number of hydrogen-bond acceptors (Lipinski definition) is 6. The molecule has 1 atom stereocenters. The zero-order valence-electron chi connectivity index (χ0n) is 11.7. The maximum absolute atomic E-state index is 11.2. The first-order valence-electron chi connectivity index (χ1n) is 6.98. The minimum atomic E-state index is -0.274. The highest BCUT2D eigenvalue weighted by Gasteiger charge is 2.30. The van der Waals surface area contributed by atoms with Crippen molar-refractivity contribution < 1.29 is 14.3 Å². The molecule has 1 aromatic heterocycles. The van der Waals surface area contributed by atoms with E-state index >= 15 is 0 Å². The summed E-state index contributed by atoms with van der Waals surface area (Å²) in [6, 6.07) is 0. The van der Waals surface area contributed by atoms with Crippen molar-refractivity contribution in [3.05, 3.63) is 16.5 Å². The lowest BCUT2D eigenvalue weighted by Gasteiger charge is -2.15. The average Bonchev–Trinajstić information content (AvgIpc) is 3.21. The summed E-state index contributed by atoms with van der Waals surface area (Å²) in [5, 5.41) is 3.20. The monoisotopic (exact) mass is 309 g/mol. The summed E-state index contributed by atoms with van der Waals surface area (Å²) in [6.07, 6.45) is 3.56. The summed E-state index contributed by atoms with van der Waals surface area (Å²) in [4.78, 5) is 19.9. The maximum atomic E-state index is 11.2. The minimum Gasteiger partial charge on any atom is -0.480 e. The molecule has 1 aliphatic heterocycles. The normalized spacial score (nSPS) is 21.0. The first-order chi connectivity index (χ1) is 10.2. The second kappa shape index (κ2) is 6.02. The Morgan fingerprint density at radius 3 is 2.81 bits per heavy atom. The molecule has 1 unspecified atom stereocenters. The summed E-state index contributed by atoms with van der Waals surface area (Å²) < 4.78 is 10.7.